The van der Waals surface area contributed by atoms with E-state index in [2.05, 4.69) is 57.3 Å². The van der Waals surface area contributed by atoms with Gasteiger partial charge in [-0.05, 0) is 41.8 Å². The molecule has 1 nitrogen and oxygen atoms in total. The average molecular weight is 273 g/mol. The van der Waals surface area contributed by atoms with Crippen LogP contribution in [-0.4, -0.2) is 6.54 Å². The van der Waals surface area contributed by atoms with Gasteiger partial charge in [-0.15, -0.1) is 0 Å². The van der Waals surface area contributed by atoms with Gasteiger partial charge in [0.25, 0.3) is 0 Å². The van der Waals surface area contributed by atoms with Gasteiger partial charge in [0.15, 0.2) is 0 Å². The van der Waals surface area contributed by atoms with Crippen molar-refractivity contribution in [2.45, 2.75) is 71.3 Å². The highest BCUT2D eigenvalue weighted by Crippen LogP contribution is 2.37. The van der Waals surface area contributed by atoms with Crippen LogP contribution in [0.25, 0.3) is 0 Å². The van der Waals surface area contributed by atoms with E-state index in [9.17, 15) is 0 Å². The Morgan fingerprint density at radius 2 is 1.90 bits per heavy atom. The molecule has 0 aromatic heterocycles. The molecule has 1 saturated carbocycles. The minimum Gasteiger partial charge on any atom is -0.310 e. The molecule has 0 amide bonds. The van der Waals surface area contributed by atoms with E-state index in [1.54, 1.807) is 0 Å². The zero-order chi connectivity index (χ0) is 14.6. The number of hydrogen-bond donors (Lipinski definition) is 1. The second kappa shape index (κ2) is 6.76. The molecule has 1 atom stereocenters. The molecule has 0 radical (unpaired) electrons. The topological polar surface area (TPSA) is 12.0 Å². The van der Waals surface area contributed by atoms with E-state index in [4.69, 9.17) is 0 Å². The molecule has 2 rings (SSSR count). The summed E-state index contributed by atoms with van der Waals surface area (Å²) in [4.78, 5) is 0. The summed E-state index contributed by atoms with van der Waals surface area (Å²) in [6.07, 6.45) is 6.82. The molecule has 1 N–H and O–H groups in total. The standard InChI is InChI=1S/C19H31N/c1-5-13-20-18(14-15-9-8-10-15)16-11-6-7-12-17(16)19(2,3)4/h6-7,11-12,15,18,20H,5,8-10,13-14H2,1-4H3. The first-order valence-electron chi connectivity index (χ1n) is 8.35. The monoisotopic (exact) mass is 273 g/mol. The van der Waals surface area contributed by atoms with Crippen molar-refractivity contribution >= 4 is 0 Å². The van der Waals surface area contributed by atoms with Gasteiger partial charge < -0.3 is 5.32 Å². The Bertz CT molecular complexity index is 412. The Hall–Kier alpha value is -0.820. The first-order valence-corrected chi connectivity index (χ1v) is 8.35. The van der Waals surface area contributed by atoms with Crippen LogP contribution in [-0.2, 0) is 5.41 Å². The Morgan fingerprint density at radius 1 is 1.20 bits per heavy atom. The van der Waals surface area contributed by atoms with Crippen molar-refractivity contribution in [3.63, 3.8) is 0 Å². The second-order valence-corrected chi connectivity index (χ2v) is 7.38. The van der Waals surface area contributed by atoms with Crippen LogP contribution in [0.5, 0.6) is 0 Å². The SMILES string of the molecule is CCCNC(CC1CCC1)c1ccccc1C(C)(C)C. The fourth-order valence-electron chi connectivity index (χ4n) is 3.18. The van der Waals surface area contributed by atoms with E-state index in [1.807, 2.05) is 0 Å². The van der Waals surface area contributed by atoms with E-state index in [-0.39, 0.29) is 5.41 Å². The minimum atomic E-state index is 0.225. The summed E-state index contributed by atoms with van der Waals surface area (Å²) >= 11 is 0. The van der Waals surface area contributed by atoms with Crippen molar-refractivity contribution in [2.75, 3.05) is 6.54 Å². The molecule has 1 unspecified atom stereocenters. The van der Waals surface area contributed by atoms with Crippen LogP contribution in [0, 0.1) is 5.92 Å². The van der Waals surface area contributed by atoms with Gasteiger partial charge in [-0.1, -0.05) is 71.2 Å². The lowest BCUT2D eigenvalue weighted by atomic mass is 9.76. The molecule has 1 aromatic rings. The third-order valence-corrected chi connectivity index (χ3v) is 4.58. The van der Waals surface area contributed by atoms with E-state index < -0.39 is 0 Å². The van der Waals surface area contributed by atoms with Crippen LogP contribution in [0.3, 0.4) is 0 Å². The van der Waals surface area contributed by atoms with Gasteiger partial charge in [0.05, 0.1) is 0 Å². The first-order chi connectivity index (χ1) is 9.52. The molecule has 0 spiro atoms. The van der Waals surface area contributed by atoms with Crippen molar-refractivity contribution in [3.8, 4) is 0 Å². The highest BCUT2D eigenvalue weighted by molar-refractivity contribution is 5.35. The smallest absolute Gasteiger partial charge is 0.0325 e. The molecule has 0 heterocycles. The maximum Gasteiger partial charge on any atom is 0.0325 e. The predicted octanol–water partition coefficient (Wildman–Crippen LogP) is 5.22. The number of nitrogens with one attached hydrogen (secondary N) is 1. The largest absolute Gasteiger partial charge is 0.310 e. The average Bonchev–Trinajstić information content (AvgIpc) is 2.36. The zero-order valence-corrected chi connectivity index (χ0v) is 13.7. The predicted molar refractivity (Wildman–Crippen MR) is 88.1 cm³/mol. The third kappa shape index (κ3) is 3.85. The van der Waals surface area contributed by atoms with Crippen molar-refractivity contribution in [1.82, 2.24) is 5.32 Å². The van der Waals surface area contributed by atoms with E-state index in [0.29, 0.717) is 6.04 Å². The van der Waals surface area contributed by atoms with Gasteiger partial charge in [0.2, 0.25) is 0 Å². The van der Waals surface area contributed by atoms with Crippen LogP contribution in [0.15, 0.2) is 24.3 Å². The van der Waals surface area contributed by atoms with E-state index >= 15 is 0 Å². The Labute approximate surface area is 125 Å². The molecule has 1 heteroatoms. The number of benzene rings is 1. The fraction of sp³-hybridized carbons (Fsp3) is 0.684. The lowest BCUT2D eigenvalue weighted by Gasteiger charge is -2.33. The van der Waals surface area contributed by atoms with Gasteiger partial charge in [-0.2, -0.15) is 0 Å². The summed E-state index contributed by atoms with van der Waals surface area (Å²) in [6, 6.07) is 9.58. The van der Waals surface area contributed by atoms with Crippen molar-refractivity contribution in [1.29, 1.82) is 0 Å². The van der Waals surface area contributed by atoms with E-state index in [0.717, 1.165) is 12.5 Å². The van der Waals surface area contributed by atoms with Crippen LogP contribution < -0.4 is 5.32 Å². The summed E-state index contributed by atoms with van der Waals surface area (Å²) in [5, 5.41) is 3.80. The maximum absolute atomic E-state index is 3.80. The van der Waals surface area contributed by atoms with Gasteiger partial charge in [-0.3, -0.25) is 0 Å². The van der Waals surface area contributed by atoms with Crippen LogP contribution in [0.2, 0.25) is 0 Å². The van der Waals surface area contributed by atoms with Crippen LogP contribution in [0.4, 0.5) is 0 Å². The lowest BCUT2D eigenvalue weighted by Crippen LogP contribution is -2.29. The molecule has 1 fully saturated rings. The third-order valence-electron chi connectivity index (χ3n) is 4.58. The molecular formula is C19H31N. The van der Waals surface area contributed by atoms with Gasteiger partial charge >= 0.3 is 0 Å². The van der Waals surface area contributed by atoms with Gasteiger partial charge in [0.1, 0.15) is 0 Å². The second-order valence-electron chi connectivity index (χ2n) is 7.38. The summed E-state index contributed by atoms with van der Waals surface area (Å²) < 4.78 is 0. The molecule has 20 heavy (non-hydrogen) atoms. The van der Waals surface area contributed by atoms with Crippen molar-refractivity contribution in [2.24, 2.45) is 5.92 Å². The fourth-order valence-corrected chi connectivity index (χ4v) is 3.18. The number of rotatable bonds is 6. The Morgan fingerprint density at radius 3 is 2.45 bits per heavy atom. The Balaban J connectivity index is 2.22. The highest BCUT2D eigenvalue weighted by Gasteiger charge is 2.26. The van der Waals surface area contributed by atoms with Crippen molar-refractivity contribution < 1.29 is 0 Å². The van der Waals surface area contributed by atoms with Crippen molar-refractivity contribution in [3.05, 3.63) is 35.4 Å². The Kier molecular flexibility index (Phi) is 5.26. The summed E-state index contributed by atoms with van der Waals surface area (Å²) in [5.74, 6) is 0.942. The summed E-state index contributed by atoms with van der Waals surface area (Å²) in [7, 11) is 0. The van der Waals surface area contributed by atoms with E-state index in [1.165, 1.54) is 43.2 Å². The van der Waals surface area contributed by atoms with Gasteiger partial charge in [0, 0.05) is 6.04 Å². The lowest BCUT2D eigenvalue weighted by molar-refractivity contribution is 0.260. The highest BCUT2D eigenvalue weighted by atomic mass is 14.9. The normalized spacial score (nSPS) is 17.8. The maximum atomic E-state index is 3.80. The minimum absolute atomic E-state index is 0.225. The zero-order valence-electron chi connectivity index (χ0n) is 13.7. The van der Waals surface area contributed by atoms with Crippen LogP contribution in [0.1, 0.15) is 77.0 Å². The number of hydrogen-bond acceptors (Lipinski definition) is 1. The molecule has 0 saturated heterocycles. The molecule has 112 valence electrons. The molecule has 1 aliphatic carbocycles. The quantitative estimate of drug-likeness (QED) is 0.749. The molecule has 1 aromatic carbocycles. The first kappa shape index (κ1) is 15.6. The summed E-state index contributed by atoms with van der Waals surface area (Å²) in [5.41, 5.74) is 3.26. The molecule has 0 aliphatic heterocycles. The molecule has 1 aliphatic rings. The summed E-state index contributed by atoms with van der Waals surface area (Å²) in [6.45, 7) is 10.4. The van der Waals surface area contributed by atoms with Gasteiger partial charge in [-0.25, -0.2) is 0 Å². The molecular weight excluding hydrogens is 242 g/mol. The molecule has 0 bridgehead atoms. The van der Waals surface area contributed by atoms with Crippen LogP contribution >= 0.6 is 0 Å².